The van der Waals surface area contributed by atoms with Gasteiger partial charge in [0, 0.05) is 5.69 Å². The third kappa shape index (κ3) is 5.25. The summed E-state index contributed by atoms with van der Waals surface area (Å²) >= 11 is 0. The third-order valence-corrected chi connectivity index (χ3v) is 5.31. The Morgan fingerprint density at radius 2 is 1.42 bits per heavy atom. The molecular weight excluding hydrogens is 436 g/mol. The maximum Gasteiger partial charge on any atom is 0.337 e. The van der Waals surface area contributed by atoms with E-state index in [2.05, 4.69) is 14.8 Å². The highest BCUT2D eigenvalue weighted by molar-refractivity contribution is 6.07. The Kier molecular flexibility index (Phi) is 7.21. The highest BCUT2D eigenvalue weighted by atomic mass is 16.5. The zero-order valence-corrected chi connectivity index (χ0v) is 18.0. The molecule has 1 fully saturated rings. The van der Waals surface area contributed by atoms with Crippen molar-refractivity contribution in [2.45, 2.75) is 12.8 Å². The van der Waals surface area contributed by atoms with Gasteiger partial charge in [-0.3, -0.25) is 24.1 Å². The van der Waals surface area contributed by atoms with Crippen LogP contribution in [0.25, 0.3) is 0 Å². The first-order valence-electron chi connectivity index (χ1n) is 10.0. The van der Waals surface area contributed by atoms with Crippen LogP contribution in [0.1, 0.15) is 33.6 Å². The molecule has 1 aromatic rings. The molecule has 2 aliphatic rings. The van der Waals surface area contributed by atoms with Crippen LogP contribution in [-0.2, 0) is 33.4 Å². The van der Waals surface area contributed by atoms with E-state index in [1.54, 1.807) is 0 Å². The minimum Gasteiger partial charge on any atom is -0.465 e. The normalized spacial score (nSPS) is 19.0. The fraction of sp³-hybridized carbons (Fsp3) is 0.364. The quantitative estimate of drug-likeness (QED) is 0.270. The number of fused-ring (bicyclic) bond motifs is 1. The Labute approximate surface area is 188 Å². The molecule has 1 aliphatic heterocycles. The first-order valence-corrected chi connectivity index (χ1v) is 10.0. The summed E-state index contributed by atoms with van der Waals surface area (Å²) in [6.07, 6.45) is 4.56. The van der Waals surface area contributed by atoms with E-state index >= 15 is 0 Å². The van der Waals surface area contributed by atoms with E-state index in [0.717, 1.165) is 19.1 Å². The average molecular weight is 458 g/mol. The Morgan fingerprint density at radius 3 is 1.91 bits per heavy atom. The van der Waals surface area contributed by atoms with E-state index in [-0.39, 0.29) is 16.8 Å². The van der Waals surface area contributed by atoms with Crippen LogP contribution in [-0.4, -0.2) is 67.9 Å². The number of esters is 3. The zero-order valence-electron chi connectivity index (χ0n) is 18.0. The molecule has 1 heterocycles. The Hall–Kier alpha value is -4.02. The second kappa shape index (κ2) is 10.1. The van der Waals surface area contributed by atoms with Crippen LogP contribution in [0.2, 0.25) is 0 Å². The number of allylic oxidation sites excluding steroid dienone is 2. The summed E-state index contributed by atoms with van der Waals surface area (Å²) < 4.78 is 14.1. The Morgan fingerprint density at radius 1 is 0.909 bits per heavy atom. The number of hydrogen-bond acceptors (Lipinski definition) is 9. The minimum atomic E-state index is -0.919. The van der Waals surface area contributed by atoms with E-state index < -0.39 is 60.6 Å². The molecule has 2 unspecified atom stereocenters. The average Bonchev–Trinajstić information content (AvgIpc) is 3.06. The van der Waals surface area contributed by atoms with Crippen LogP contribution in [0, 0.1) is 11.8 Å². The van der Waals surface area contributed by atoms with E-state index in [9.17, 15) is 28.8 Å². The summed E-state index contributed by atoms with van der Waals surface area (Å²) in [5.41, 5.74) is 0.0604. The lowest BCUT2D eigenvalue weighted by Gasteiger charge is -2.14. The van der Waals surface area contributed by atoms with Crippen molar-refractivity contribution in [3.63, 3.8) is 0 Å². The van der Waals surface area contributed by atoms with E-state index in [1.165, 1.54) is 18.2 Å². The van der Waals surface area contributed by atoms with Gasteiger partial charge >= 0.3 is 17.9 Å². The predicted octanol–water partition coefficient (Wildman–Crippen LogP) is 0.693. The van der Waals surface area contributed by atoms with Crippen molar-refractivity contribution < 1.29 is 43.0 Å². The number of rotatable bonds is 7. The smallest absolute Gasteiger partial charge is 0.337 e. The topological polar surface area (TPSA) is 145 Å². The van der Waals surface area contributed by atoms with Gasteiger partial charge in [0.2, 0.25) is 11.8 Å². The SMILES string of the molecule is COC(=O)c1cc(NC(=O)COC(=O)CN2C(=O)C3CC=CCC3C2=O)cc(C(=O)OC)c1. The van der Waals surface area contributed by atoms with Crippen molar-refractivity contribution in [1.29, 1.82) is 0 Å². The van der Waals surface area contributed by atoms with Crippen LogP contribution in [0.15, 0.2) is 30.4 Å². The molecule has 0 spiro atoms. The second-order valence-electron chi connectivity index (χ2n) is 7.41. The highest BCUT2D eigenvalue weighted by Gasteiger charge is 2.47. The summed E-state index contributed by atoms with van der Waals surface area (Å²) in [6, 6.07) is 3.79. The van der Waals surface area contributed by atoms with Crippen molar-refractivity contribution in [1.82, 2.24) is 4.90 Å². The molecule has 1 aromatic carbocycles. The molecule has 0 saturated carbocycles. The summed E-state index contributed by atoms with van der Waals surface area (Å²) in [6.45, 7) is -1.29. The van der Waals surface area contributed by atoms with Crippen molar-refractivity contribution in [2.24, 2.45) is 11.8 Å². The number of imide groups is 1. The largest absolute Gasteiger partial charge is 0.465 e. The Bertz CT molecular complexity index is 986. The number of amides is 3. The molecule has 0 radical (unpaired) electrons. The van der Waals surface area contributed by atoms with Gasteiger partial charge in [0.05, 0.1) is 37.2 Å². The second-order valence-corrected chi connectivity index (χ2v) is 7.41. The molecule has 1 aliphatic carbocycles. The summed E-state index contributed by atoms with van der Waals surface area (Å²) in [4.78, 5) is 73.6. The fourth-order valence-electron chi connectivity index (χ4n) is 3.71. The number of ether oxygens (including phenoxy) is 3. The van der Waals surface area contributed by atoms with Crippen LogP contribution in [0.4, 0.5) is 5.69 Å². The molecule has 3 rings (SSSR count). The van der Waals surface area contributed by atoms with Crippen molar-refractivity contribution >= 4 is 41.3 Å². The molecule has 11 heteroatoms. The number of hydrogen-bond donors (Lipinski definition) is 1. The number of carbonyl (C=O) groups is 6. The van der Waals surface area contributed by atoms with Gasteiger partial charge in [-0.05, 0) is 31.0 Å². The molecule has 3 amide bonds. The van der Waals surface area contributed by atoms with Gasteiger partial charge in [-0.15, -0.1) is 0 Å². The number of methoxy groups -OCH3 is 2. The molecule has 0 bridgehead atoms. The summed E-state index contributed by atoms with van der Waals surface area (Å²) in [5, 5.41) is 2.40. The molecule has 0 aromatic heterocycles. The van der Waals surface area contributed by atoms with E-state index in [0.29, 0.717) is 12.8 Å². The highest BCUT2D eigenvalue weighted by Crippen LogP contribution is 2.34. The molecule has 1 N–H and O–H groups in total. The number of nitrogens with one attached hydrogen (secondary N) is 1. The van der Waals surface area contributed by atoms with Crippen LogP contribution in [0.5, 0.6) is 0 Å². The van der Waals surface area contributed by atoms with Gasteiger partial charge in [0.15, 0.2) is 6.61 Å². The van der Waals surface area contributed by atoms with Crippen molar-refractivity contribution in [3.8, 4) is 0 Å². The standard InChI is InChI=1S/C22H22N2O9/c1-31-21(29)12-7-13(22(30)32-2)9-14(8-12)23-17(25)11-33-18(26)10-24-19(27)15-5-3-4-6-16(15)20(24)28/h3-4,7-9,15-16H,5-6,10-11H2,1-2H3,(H,23,25). The summed E-state index contributed by atoms with van der Waals surface area (Å²) in [5.74, 6) is -4.95. The molecule has 33 heavy (non-hydrogen) atoms. The lowest BCUT2D eigenvalue weighted by Crippen LogP contribution is -2.37. The minimum absolute atomic E-state index is 0.00490. The lowest BCUT2D eigenvalue weighted by atomic mass is 9.85. The van der Waals surface area contributed by atoms with Gasteiger partial charge in [-0.25, -0.2) is 9.59 Å². The summed E-state index contributed by atoms with van der Waals surface area (Å²) in [7, 11) is 2.32. The first kappa shape index (κ1) is 23.6. The van der Waals surface area contributed by atoms with Gasteiger partial charge in [0.1, 0.15) is 6.54 Å². The van der Waals surface area contributed by atoms with E-state index in [4.69, 9.17) is 4.74 Å². The number of benzene rings is 1. The molecule has 11 nitrogen and oxygen atoms in total. The van der Waals surface area contributed by atoms with E-state index in [1.807, 2.05) is 12.2 Å². The number of nitrogens with zero attached hydrogens (tertiary/aromatic N) is 1. The Balaban J connectivity index is 1.58. The predicted molar refractivity (Wildman–Crippen MR) is 111 cm³/mol. The molecular formula is C22H22N2O9. The fourth-order valence-corrected chi connectivity index (χ4v) is 3.71. The number of carbonyl (C=O) groups excluding carboxylic acids is 6. The van der Waals surface area contributed by atoms with Crippen molar-refractivity contribution in [3.05, 3.63) is 41.5 Å². The third-order valence-electron chi connectivity index (χ3n) is 5.31. The van der Waals surface area contributed by atoms with Crippen LogP contribution < -0.4 is 5.32 Å². The number of anilines is 1. The van der Waals surface area contributed by atoms with Crippen LogP contribution >= 0.6 is 0 Å². The monoisotopic (exact) mass is 458 g/mol. The van der Waals surface area contributed by atoms with Crippen molar-refractivity contribution in [2.75, 3.05) is 32.7 Å². The van der Waals surface area contributed by atoms with Gasteiger partial charge in [-0.1, -0.05) is 12.2 Å². The lowest BCUT2D eigenvalue weighted by molar-refractivity contribution is -0.154. The molecule has 174 valence electrons. The maximum absolute atomic E-state index is 12.4. The molecule has 2 atom stereocenters. The maximum atomic E-state index is 12.4. The first-order chi connectivity index (χ1) is 15.7. The van der Waals surface area contributed by atoms with Gasteiger partial charge in [0.25, 0.3) is 5.91 Å². The zero-order chi connectivity index (χ0) is 24.1. The van der Waals surface area contributed by atoms with Gasteiger partial charge in [-0.2, -0.15) is 0 Å². The molecule has 1 saturated heterocycles. The number of likely N-dealkylation sites (tertiary alicyclic amines) is 1. The van der Waals surface area contributed by atoms with Gasteiger partial charge < -0.3 is 19.5 Å². The van der Waals surface area contributed by atoms with Crippen LogP contribution in [0.3, 0.4) is 0 Å².